The minimum absolute atomic E-state index is 0.336. The molecule has 11 nitrogen and oxygen atoms in total. The number of nitrogen functional groups attached to an aromatic ring is 1. The van der Waals surface area contributed by atoms with Gasteiger partial charge >= 0.3 is 0 Å². The Labute approximate surface area is 241 Å². The molecular weight excluding hydrogens is 544 g/mol. The van der Waals surface area contributed by atoms with Gasteiger partial charge in [-0.1, -0.05) is 36.6 Å². The van der Waals surface area contributed by atoms with Gasteiger partial charge in [0, 0.05) is 42.0 Å². The van der Waals surface area contributed by atoms with Crippen molar-refractivity contribution >= 4 is 51.3 Å². The highest BCUT2D eigenvalue weighted by Gasteiger charge is 2.24. The fourth-order valence-corrected chi connectivity index (χ4v) is 5.88. The topological polar surface area (TPSA) is 129 Å². The number of morpholine rings is 1. The summed E-state index contributed by atoms with van der Waals surface area (Å²) in [7, 11) is 0. The van der Waals surface area contributed by atoms with Crippen molar-refractivity contribution in [2.75, 3.05) is 50.5 Å². The van der Waals surface area contributed by atoms with E-state index < -0.39 is 0 Å². The van der Waals surface area contributed by atoms with E-state index in [0.717, 1.165) is 73.7 Å². The monoisotopic (exact) mass is 574 g/mol. The van der Waals surface area contributed by atoms with Gasteiger partial charge in [-0.2, -0.15) is 10.1 Å². The zero-order chi connectivity index (χ0) is 27.8. The van der Waals surface area contributed by atoms with E-state index in [2.05, 4.69) is 25.2 Å². The van der Waals surface area contributed by atoms with Gasteiger partial charge in [0.25, 0.3) is 6.01 Å². The van der Waals surface area contributed by atoms with Gasteiger partial charge in [0.05, 0.1) is 24.6 Å². The van der Waals surface area contributed by atoms with Crippen LogP contribution in [0, 0.1) is 0 Å². The van der Waals surface area contributed by atoms with Gasteiger partial charge in [-0.25, -0.2) is 14.6 Å². The minimum atomic E-state index is 0.336. The predicted octanol–water partition coefficient (Wildman–Crippen LogP) is 5.44. The highest BCUT2D eigenvalue weighted by atomic mass is 35.5. The minimum Gasteiger partial charge on any atom is -0.488 e. The summed E-state index contributed by atoms with van der Waals surface area (Å²) < 4.78 is 19.6. The maximum absolute atomic E-state index is 6.36. The largest absolute Gasteiger partial charge is 0.488 e. The molecule has 12 heteroatoms. The Morgan fingerprint density at radius 2 is 1.88 bits per heavy atom. The third kappa shape index (κ3) is 5.28. The molecule has 1 saturated heterocycles. The first-order valence-electron chi connectivity index (χ1n) is 14.0. The van der Waals surface area contributed by atoms with E-state index in [1.165, 1.54) is 19.2 Å². The molecule has 5 aromatic rings. The Balaban J connectivity index is 1.10. The van der Waals surface area contributed by atoms with E-state index in [-0.39, 0.29) is 0 Å². The van der Waals surface area contributed by atoms with Crippen LogP contribution in [-0.4, -0.2) is 69.1 Å². The quantitative estimate of drug-likeness (QED) is 0.247. The van der Waals surface area contributed by atoms with Crippen LogP contribution in [0.25, 0.3) is 33.4 Å². The van der Waals surface area contributed by atoms with Crippen molar-refractivity contribution < 1.29 is 13.9 Å². The molecule has 212 valence electrons. The summed E-state index contributed by atoms with van der Waals surface area (Å²) in [5.41, 5.74) is 10.8. The SMILES string of the molecule is Nc1ncnc2c1c(-c1ccc(Nc3nc4cc(Cl)cc(OCCN5CCOCC5)c4o3)cc1)nn2C1CCCC1. The molecule has 2 fully saturated rings. The molecule has 2 aromatic carbocycles. The highest BCUT2D eigenvalue weighted by Crippen LogP contribution is 2.37. The van der Waals surface area contributed by atoms with Crippen molar-refractivity contribution in [2.24, 2.45) is 0 Å². The Hall–Kier alpha value is -3.93. The van der Waals surface area contributed by atoms with Crippen molar-refractivity contribution in [3.05, 3.63) is 47.7 Å². The third-order valence-corrected chi connectivity index (χ3v) is 8.01. The average molecular weight is 575 g/mol. The Morgan fingerprint density at radius 1 is 1.07 bits per heavy atom. The number of nitrogens with two attached hydrogens (primary N) is 1. The molecule has 1 aliphatic heterocycles. The molecule has 3 N–H and O–H groups in total. The number of ether oxygens (including phenoxy) is 2. The van der Waals surface area contributed by atoms with E-state index in [0.29, 0.717) is 46.4 Å². The van der Waals surface area contributed by atoms with Gasteiger partial charge in [0.2, 0.25) is 0 Å². The Kier molecular flexibility index (Phi) is 7.07. The summed E-state index contributed by atoms with van der Waals surface area (Å²) in [6.45, 7) is 4.63. The Bertz CT molecular complexity index is 1670. The molecule has 1 saturated carbocycles. The van der Waals surface area contributed by atoms with Crippen LogP contribution in [0.4, 0.5) is 17.5 Å². The van der Waals surface area contributed by atoms with Crippen molar-refractivity contribution in [1.29, 1.82) is 0 Å². The lowest BCUT2D eigenvalue weighted by molar-refractivity contribution is 0.0323. The van der Waals surface area contributed by atoms with Gasteiger partial charge in [-0.3, -0.25) is 4.90 Å². The summed E-state index contributed by atoms with van der Waals surface area (Å²) in [4.78, 5) is 15.7. The third-order valence-electron chi connectivity index (χ3n) is 7.79. The lowest BCUT2D eigenvalue weighted by Gasteiger charge is -2.26. The number of rotatable bonds is 8. The number of benzene rings is 2. The fourth-order valence-electron chi connectivity index (χ4n) is 5.68. The summed E-state index contributed by atoms with van der Waals surface area (Å²) in [5.74, 6) is 1.01. The molecule has 3 aromatic heterocycles. The lowest BCUT2D eigenvalue weighted by Crippen LogP contribution is -2.38. The number of hydrogen-bond acceptors (Lipinski definition) is 10. The van der Waals surface area contributed by atoms with Gasteiger partial charge in [0.15, 0.2) is 17.0 Å². The fraction of sp³-hybridized carbons (Fsp3) is 0.379. The number of halogens is 1. The van der Waals surface area contributed by atoms with E-state index >= 15 is 0 Å². The zero-order valence-electron chi connectivity index (χ0n) is 22.6. The van der Waals surface area contributed by atoms with Crippen LogP contribution in [0.1, 0.15) is 31.7 Å². The smallest absolute Gasteiger partial charge is 0.300 e. The molecule has 0 bridgehead atoms. The van der Waals surface area contributed by atoms with Crippen molar-refractivity contribution in [1.82, 2.24) is 29.6 Å². The molecule has 0 amide bonds. The molecule has 4 heterocycles. The van der Waals surface area contributed by atoms with Crippen LogP contribution in [0.5, 0.6) is 5.75 Å². The molecule has 0 atom stereocenters. The van der Waals surface area contributed by atoms with Gasteiger partial charge < -0.3 is 24.9 Å². The number of nitrogens with one attached hydrogen (secondary N) is 1. The molecule has 7 rings (SSSR count). The standard InChI is InChI=1S/C29H31ClN8O3/c30-19-15-22-26(23(16-19)40-14-11-37-9-12-39-13-10-37)41-29(35-22)34-20-7-5-18(6-8-20)25-24-27(31)32-17-33-28(24)38(36-25)21-3-1-2-4-21/h5-8,15-17,21H,1-4,9-14H2,(H,34,35)(H2,31,32,33). The molecule has 0 unspecified atom stereocenters. The maximum Gasteiger partial charge on any atom is 0.300 e. The van der Waals surface area contributed by atoms with E-state index in [1.807, 2.05) is 28.9 Å². The summed E-state index contributed by atoms with van der Waals surface area (Å²) in [6, 6.07) is 12.1. The molecule has 1 aliphatic carbocycles. The van der Waals surface area contributed by atoms with Crippen LogP contribution in [0.2, 0.25) is 5.02 Å². The van der Waals surface area contributed by atoms with Crippen LogP contribution in [0.3, 0.4) is 0 Å². The van der Waals surface area contributed by atoms with Crippen LogP contribution in [0.15, 0.2) is 47.1 Å². The van der Waals surface area contributed by atoms with Crippen molar-refractivity contribution in [3.63, 3.8) is 0 Å². The van der Waals surface area contributed by atoms with Crippen LogP contribution >= 0.6 is 11.6 Å². The zero-order valence-corrected chi connectivity index (χ0v) is 23.3. The van der Waals surface area contributed by atoms with E-state index in [1.54, 1.807) is 12.1 Å². The molecule has 0 radical (unpaired) electrons. The number of aromatic nitrogens is 5. The Morgan fingerprint density at radius 3 is 2.68 bits per heavy atom. The first-order valence-corrected chi connectivity index (χ1v) is 14.4. The normalized spacial score (nSPS) is 16.6. The highest BCUT2D eigenvalue weighted by molar-refractivity contribution is 6.31. The summed E-state index contributed by atoms with van der Waals surface area (Å²) in [6.07, 6.45) is 6.10. The number of hydrogen-bond donors (Lipinski definition) is 2. The number of oxazole rings is 1. The van der Waals surface area contributed by atoms with Gasteiger partial charge in [0.1, 0.15) is 30.0 Å². The number of nitrogens with zero attached hydrogens (tertiary/aromatic N) is 6. The van der Waals surface area contributed by atoms with E-state index in [4.69, 9.17) is 36.3 Å². The van der Waals surface area contributed by atoms with E-state index in [9.17, 15) is 0 Å². The molecule has 2 aliphatic rings. The first kappa shape index (κ1) is 26.0. The van der Waals surface area contributed by atoms with Gasteiger partial charge in [-0.05, 0) is 31.0 Å². The van der Waals surface area contributed by atoms with Crippen LogP contribution in [-0.2, 0) is 4.74 Å². The second kappa shape index (κ2) is 11.2. The number of anilines is 3. The predicted molar refractivity (Wildman–Crippen MR) is 158 cm³/mol. The second-order valence-corrected chi connectivity index (χ2v) is 10.9. The summed E-state index contributed by atoms with van der Waals surface area (Å²) in [5, 5.41) is 9.54. The molecule has 0 spiro atoms. The molecule has 41 heavy (non-hydrogen) atoms. The summed E-state index contributed by atoms with van der Waals surface area (Å²) >= 11 is 6.36. The lowest BCUT2D eigenvalue weighted by atomic mass is 10.1. The average Bonchev–Trinajstić information content (AvgIpc) is 3.73. The molecular formula is C29H31ClN8O3. The van der Waals surface area contributed by atoms with Crippen LogP contribution < -0.4 is 15.8 Å². The number of fused-ring (bicyclic) bond motifs is 2. The van der Waals surface area contributed by atoms with Gasteiger partial charge in [-0.15, -0.1) is 0 Å². The first-order chi connectivity index (χ1) is 20.1. The van der Waals surface area contributed by atoms with Crippen molar-refractivity contribution in [2.45, 2.75) is 31.7 Å². The van der Waals surface area contributed by atoms with Crippen molar-refractivity contribution in [3.8, 4) is 17.0 Å². The second-order valence-electron chi connectivity index (χ2n) is 10.5. The maximum atomic E-state index is 6.36.